The van der Waals surface area contributed by atoms with Gasteiger partial charge in [-0.25, -0.2) is 4.98 Å². The molecule has 1 aliphatic carbocycles. The Kier molecular flexibility index (Phi) is 7.19. The Morgan fingerprint density at radius 2 is 2.12 bits per heavy atom. The third-order valence-electron chi connectivity index (χ3n) is 5.97. The molecule has 0 radical (unpaired) electrons. The third kappa shape index (κ3) is 5.65. The molecule has 1 aromatic heterocycles. The molecule has 1 atom stereocenters. The van der Waals surface area contributed by atoms with E-state index < -0.39 is 4.92 Å². The molecule has 1 N–H and O–H groups in total. The van der Waals surface area contributed by atoms with Crippen LogP contribution >= 0.6 is 11.8 Å². The van der Waals surface area contributed by atoms with Crippen molar-refractivity contribution < 1.29 is 9.72 Å². The summed E-state index contributed by atoms with van der Waals surface area (Å²) in [4.78, 5) is 27.6. The van der Waals surface area contributed by atoms with Crippen molar-refractivity contribution in [3.05, 3.63) is 56.8 Å². The zero-order chi connectivity index (χ0) is 23.5. The summed E-state index contributed by atoms with van der Waals surface area (Å²) in [5.74, 6) is 0.804. The molecule has 1 aromatic carbocycles. The third-order valence-corrected chi connectivity index (χ3v) is 6.96. The predicted octanol–water partition coefficient (Wildman–Crippen LogP) is 5.44. The molecule has 32 heavy (non-hydrogen) atoms. The number of nitrogens with zero attached hydrogens (tertiary/aromatic N) is 3. The quantitative estimate of drug-likeness (QED) is 0.355. The number of hydrogen-bond acceptors (Lipinski definition) is 6. The summed E-state index contributed by atoms with van der Waals surface area (Å²) >= 11 is 1.40. The number of aromatic nitrogens is 1. The molecule has 0 aliphatic heterocycles. The molecule has 1 unspecified atom stereocenters. The Morgan fingerprint density at radius 1 is 1.38 bits per heavy atom. The Hall–Kier alpha value is -2.92. The van der Waals surface area contributed by atoms with E-state index in [-0.39, 0.29) is 23.4 Å². The van der Waals surface area contributed by atoms with E-state index in [1.165, 1.54) is 23.9 Å². The number of aryl methyl sites for hydroxylation is 2. The summed E-state index contributed by atoms with van der Waals surface area (Å²) in [6.45, 7) is 8.55. The highest BCUT2D eigenvalue weighted by Gasteiger charge is 2.30. The molecule has 0 saturated carbocycles. The summed E-state index contributed by atoms with van der Waals surface area (Å²) in [6, 6.07) is 8.61. The summed E-state index contributed by atoms with van der Waals surface area (Å²) in [5.41, 5.74) is 4.13. The van der Waals surface area contributed by atoms with Crippen LogP contribution in [0.2, 0.25) is 0 Å². The van der Waals surface area contributed by atoms with Crippen LogP contribution in [0.25, 0.3) is 0 Å². The van der Waals surface area contributed by atoms with Gasteiger partial charge in [-0.1, -0.05) is 26.8 Å². The highest BCUT2D eigenvalue weighted by atomic mass is 32.2. The van der Waals surface area contributed by atoms with Crippen LogP contribution in [-0.4, -0.2) is 21.6 Å². The maximum Gasteiger partial charge on any atom is 0.271 e. The lowest BCUT2D eigenvalue weighted by Crippen LogP contribution is -2.27. The van der Waals surface area contributed by atoms with Crippen molar-refractivity contribution in [2.45, 2.75) is 58.4 Å². The number of amides is 1. The Bertz CT molecular complexity index is 1090. The smallest absolute Gasteiger partial charge is 0.271 e. The van der Waals surface area contributed by atoms with E-state index in [4.69, 9.17) is 4.98 Å². The van der Waals surface area contributed by atoms with Crippen LogP contribution in [0.1, 0.15) is 56.0 Å². The van der Waals surface area contributed by atoms with Crippen molar-refractivity contribution in [3.63, 3.8) is 0 Å². The van der Waals surface area contributed by atoms with Gasteiger partial charge in [-0.3, -0.25) is 14.9 Å². The van der Waals surface area contributed by atoms with E-state index in [1.54, 1.807) is 13.0 Å². The van der Waals surface area contributed by atoms with E-state index in [0.717, 1.165) is 36.1 Å². The second-order valence-corrected chi connectivity index (χ2v) is 10.4. The average Bonchev–Trinajstić information content (AvgIpc) is 2.73. The molecule has 168 valence electrons. The molecule has 0 bridgehead atoms. The number of fused-ring (bicyclic) bond motifs is 1. The first kappa shape index (κ1) is 23.7. The minimum Gasteiger partial charge on any atom is -0.326 e. The highest BCUT2D eigenvalue weighted by molar-refractivity contribution is 7.99. The molecule has 0 fully saturated rings. The van der Waals surface area contributed by atoms with Gasteiger partial charge in [0, 0.05) is 30.0 Å². The number of nitro benzene ring substituents is 1. The first-order chi connectivity index (χ1) is 15.1. The fraction of sp³-hybridized carbons (Fsp3) is 0.458. The van der Waals surface area contributed by atoms with Gasteiger partial charge in [0.1, 0.15) is 11.1 Å². The number of rotatable bonds is 6. The molecule has 2 aromatic rings. The number of benzene rings is 1. The van der Waals surface area contributed by atoms with Gasteiger partial charge in [0.25, 0.3) is 5.69 Å². The minimum atomic E-state index is -0.486. The molecule has 3 rings (SSSR count). The van der Waals surface area contributed by atoms with Crippen molar-refractivity contribution >= 4 is 29.0 Å². The molecule has 0 saturated heterocycles. The van der Waals surface area contributed by atoms with Crippen molar-refractivity contribution in [2.75, 3.05) is 11.1 Å². The molecular formula is C24H28N4O3S. The van der Waals surface area contributed by atoms with Crippen LogP contribution in [0, 0.1) is 39.7 Å². The first-order valence-electron chi connectivity index (χ1n) is 10.7. The average molecular weight is 453 g/mol. The van der Waals surface area contributed by atoms with E-state index in [2.05, 4.69) is 32.2 Å². The molecule has 1 amide bonds. The summed E-state index contributed by atoms with van der Waals surface area (Å²) < 4.78 is 0. The molecular weight excluding hydrogens is 424 g/mol. The van der Waals surface area contributed by atoms with Crippen LogP contribution < -0.4 is 5.32 Å². The van der Waals surface area contributed by atoms with Gasteiger partial charge in [-0.2, -0.15) is 5.26 Å². The van der Waals surface area contributed by atoms with Crippen molar-refractivity contribution in [1.29, 1.82) is 5.26 Å². The molecule has 7 nitrogen and oxygen atoms in total. The van der Waals surface area contributed by atoms with Gasteiger partial charge in [-0.15, -0.1) is 11.8 Å². The standard InChI is InChI=1S/C24H28N4O3S/c1-15-5-7-19(28(30)31)13-21(15)26-22(29)9-10-32-23-17(14-25)11-16-12-18(24(2,3)4)6-8-20(16)27-23/h5,7,11,13,18H,6,8-10,12H2,1-4H3,(H,26,29). The summed E-state index contributed by atoms with van der Waals surface area (Å²) in [6.07, 6.45) is 3.15. The minimum absolute atomic E-state index is 0.0640. The fourth-order valence-electron chi connectivity index (χ4n) is 3.89. The van der Waals surface area contributed by atoms with E-state index in [9.17, 15) is 20.2 Å². The number of pyridine rings is 1. The van der Waals surface area contributed by atoms with Gasteiger partial charge < -0.3 is 5.32 Å². The monoisotopic (exact) mass is 452 g/mol. The molecule has 0 spiro atoms. The SMILES string of the molecule is Cc1ccc([N+](=O)[O-])cc1NC(=O)CCSc1nc2c(cc1C#N)CC(C(C)(C)C)CC2. The van der Waals surface area contributed by atoms with Crippen molar-refractivity contribution in [1.82, 2.24) is 4.98 Å². The van der Waals surface area contributed by atoms with Gasteiger partial charge in [0.05, 0.1) is 16.2 Å². The molecule has 8 heteroatoms. The Balaban J connectivity index is 1.63. The zero-order valence-corrected chi connectivity index (χ0v) is 19.7. The van der Waals surface area contributed by atoms with Crippen LogP contribution in [0.4, 0.5) is 11.4 Å². The maximum absolute atomic E-state index is 12.4. The van der Waals surface area contributed by atoms with Crippen LogP contribution in [0.3, 0.4) is 0 Å². The molecule has 1 heterocycles. The van der Waals surface area contributed by atoms with Crippen molar-refractivity contribution in [3.8, 4) is 6.07 Å². The number of nitro groups is 1. The van der Waals surface area contributed by atoms with E-state index >= 15 is 0 Å². The van der Waals surface area contributed by atoms with Gasteiger partial charge in [0.15, 0.2) is 0 Å². The number of hydrogen-bond donors (Lipinski definition) is 1. The van der Waals surface area contributed by atoms with E-state index in [1.807, 2.05) is 6.07 Å². The number of non-ortho nitro benzene ring substituents is 1. The maximum atomic E-state index is 12.4. The van der Waals surface area contributed by atoms with Gasteiger partial charge in [0.2, 0.25) is 5.91 Å². The van der Waals surface area contributed by atoms with Crippen LogP contribution in [0.15, 0.2) is 29.3 Å². The summed E-state index contributed by atoms with van der Waals surface area (Å²) in [7, 11) is 0. The topological polar surface area (TPSA) is 109 Å². The Morgan fingerprint density at radius 3 is 2.78 bits per heavy atom. The first-order valence-corrected chi connectivity index (χ1v) is 11.7. The highest BCUT2D eigenvalue weighted by Crippen LogP contribution is 2.38. The second kappa shape index (κ2) is 9.70. The number of anilines is 1. The fourth-order valence-corrected chi connectivity index (χ4v) is 4.80. The Labute approximate surface area is 192 Å². The van der Waals surface area contributed by atoms with Crippen LogP contribution in [-0.2, 0) is 17.6 Å². The lowest BCUT2D eigenvalue weighted by atomic mass is 9.71. The lowest BCUT2D eigenvalue weighted by molar-refractivity contribution is -0.384. The summed E-state index contributed by atoms with van der Waals surface area (Å²) in [5, 5.41) is 24.0. The van der Waals surface area contributed by atoms with E-state index in [0.29, 0.717) is 27.9 Å². The number of carbonyl (C=O) groups excluding carboxylic acids is 1. The predicted molar refractivity (Wildman–Crippen MR) is 126 cm³/mol. The van der Waals surface area contributed by atoms with Crippen LogP contribution in [0.5, 0.6) is 0 Å². The largest absolute Gasteiger partial charge is 0.326 e. The molecule has 1 aliphatic rings. The van der Waals surface area contributed by atoms with Crippen molar-refractivity contribution in [2.24, 2.45) is 11.3 Å². The second-order valence-electron chi connectivity index (χ2n) is 9.27. The lowest BCUT2D eigenvalue weighted by Gasteiger charge is -2.34. The zero-order valence-electron chi connectivity index (χ0n) is 18.9. The number of nitrogens with one attached hydrogen (secondary N) is 1. The number of carbonyl (C=O) groups is 1. The van der Waals surface area contributed by atoms with Gasteiger partial charge >= 0.3 is 0 Å². The number of nitriles is 1. The normalized spacial score (nSPS) is 15.5. The number of thioether (sulfide) groups is 1. The van der Waals surface area contributed by atoms with Gasteiger partial charge in [-0.05, 0) is 54.7 Å².